The van der Waals surface area contributed by atoms with Crippen LogP contribution in [0.5, 0.6) is 5.75 Å². The van der Waals surface area contributed by atoms with E-state index in [0.717, 1.165) is 0 Å². The SMILES string of the molecule is COC(=O)c1ccc(NC(=O)COc2ccc(C(N)=O)cc2)cc1. The molecule has 0 aliphatic heterocycles. The van der Waals surface area contributed by atoms with Gasteiger partial charge in [0.2, 0.25) is 5.91 Å². The summed E-state index contributed by atoms with van der Waals surface area (Å²) in [5.41, 5.74) is 6.41. The summed E-state index contributed by atoms with van der Waals surface area (Å²) in [6.45, 7) is -0.200. The first kappa shape index (κ1) is 17.0. The maximum atomic E-state index is 11.8. The van der Waals surface area contributed by atoms with E-state index in [9.17, 15) is 14.4 Å². The second-order valence-electron chi connectivity index (χ2n) is 4.79. The fourth-order valence-corrected chi connectivity index (χ4v) is 1.87. The van der Waals surface area contributed by atoms with E-state index in [-0.39, 0.29) is 12.5 Å². The van der Waals surface area contributed by atoms with E-state index in [0.29, 0.717) is 22.6 Å². The Morgan fingerprint density at radius 2 is 1.54 bits per heavy atom. The van der Waals surface area contributed by atoms with E-state index in [1.165, 1.54) is 19.2 Å². The van der Waals surface area contributed by atoms with Crippen molar-refractivity contribution in [3.8, 4) is 5.75 Å². The van der Waals surface area contributed by atoms with Crippen LogP contribution in [0.2, 0.25) is 0 Å². The van der Waals surface area contributed by atoms with Crippen molar-refractivity contribution >= 4 is 23.5 Å². The van der Waals surface area contributed by atoms with Gasteiger partial charge in [-0.25, -0.2) is 4.79 Å². The van der Waals surface area contributed by atoms with Gasteiger partial charge in [-0.1, -0.05) is 0 Å². The summed E-state index contributed by atoms with van der Waals surface area (Å²) in [5.74, 6) is -0.902. The zero-order chi connectivity index (χ0) is 17.5. The van der Waals surface area contributed by atoms with Crippen molar-refractivity contribution in [1.82, 2.24) is 0 Å². The van der Waals surface area contributed by atoms with Gasteiger partial charge in [-0.15, -0.1) is 0 Å². The van der Waals surface area contributed by atoms with Crippen LogP contribution in [0.25, 0.3) is 0 Å². The van der Waals surface area contributed by atoms with Gasteiger partial charge < -0.3 is 20.5 Å². The minimum atomic E-state index is -0.533. The van der Waals surface area contributed by atoms with Crippen molar-refractivity contribution in [2.24, 2.45) is 5.73 Å². The number of nitrogens with one attached hydrogen (secondary N) is 1. The first-order valence-corrected chi connectivity index (χ1v) is 7.00. The molecule has 2 rings (SSSR count). The van der Waals surface area contributed by atoms with Crippen LogP contribution in [-0.2, 0) is 9.53 Å². The highest BCUT2D eigenvalue weighted by atomic mass is 16.5. The molecule has 124 valence electrons. The molecule has 0 bridgehead atoms. The van der Waals surface area contributed by atoms with E-state index in [2.05, 4.69) is 10.1 Å². The van der Waals surface area contributed by atoms with Crippen molar-refractivity contribution in [3.05, 3.63) is 59.7 Å². The van der Waals surface area contributed by atoms with Crippen LogP contribution in [0.4, 0.5) is 5.69 Å². The van der Waals surface area contributed by atoms with Gasteiger partial charge >= 0.3 is 5.97 Å². The number of hydrogen-bond donors (Lipinski definition) is 2. The standard InChI is InChI=1S/C17H16N2O5/c1-23-17(22)12-2-6-13(7-3-12)19-15(20)10-24-14-8-4-11(5-9-14)16(18)21/h2-9H,10H2,1H3,(H2,18,21)(H,19,20). The van der Waals surface area contributed by atoms with Gasteiger partial charge in [0.15, 0.2) is 6.61 Å². The summed E-state index contributed by atoms with van der Waals surface area (Å²) >= 11 is 0. The minimum Gasteiger partial charge on any atom is -0.484 e. The fraction of sp³-hybridized carbons (Fsp3) is 0.118. The molecule has 0 saturated carbocycles. The first-order chi connectivity index (χ1) is 11.5. The third-order valence-electron chi connectivity index (χ3n) is 3.10. The molecule has 2 amide bonds. The monoisotopic (exact) mass is 328 g/mol. The Morgan fingerprint density at radius 1 is 0.958 bits per heavy atom. The molecule has 2 aromatic carbocycles. The smallest absolute Gasteiger partial charge is 0.337 e. The second kappa shape index (κ2) is 7.77. The highest BCUT2D eigenvalue weighted by Gasteiger charge is 2.07. The molecule has 0 saturated heterocycles. The highest BCUT2D eigenvalue weighted by molar-refractivity contribution is 5.94. The van der Waals surface area contributed by atoms with Crippen LogP contribution in [0.15, 0.2) is 48.5 Å². The van der Waals surface area contributed by atoms with Gasteiger partial charge in [0.25, 0.3) is 5.91 Å². The Bertz CT molecular complexity index is 739. The first-order valence-electron chi connectivity index (χ1n) is 7.00. The predicted octanol–water partition coefficient (Wildman–Crippen LogP) is 1.59. The van der Waals surface area contributed by atoms with Crippen LogP contribution in [0, 0.1) is 0 Å². The summed E-state index contributed by atoms with van der Waals surface area (Å²) < 4.78 is 9.91. The van der Waals surface area contributed by atoms with Gasteiger partial charge in [-0.2, -0.15) is 0 Å². The summed E-state index contributed by atoms with van der Waals surface area (Å²) in [7, 11) is 1.30. The molecule has 0 heterocycles. The zero-order valence-electron chi connectivity index (χ0n) is 12.9. The maximum Gasteiger partial charge on any atom is 0.337 e. The Labute approximate surface area is 138 Å². The summed E-state index contributed by atoms with van der Waals surface area (Å²) in [5, 5.41) is 2.64. The van der Waals surface area contributed by atoms with E-state index in [1.807, 2.05) is 0 Å². The number of ether oxygens (including phenoxy) is 2. The number of methoxy groups -OCH3 is 1. The Balaban J connectivity index is 1.86. The Morgan fingerprint density at radius 3 is 2.08 bits per heavy atom. The van der Waals surface area contributed by atoms with Gasteiger partial charge in [0.05, 0.1) is 12.7 Å². The normalized spacial score (nSPS) is 9.88. The number of benzene rings is 2. The second-order valence-corrected chi connectivity index (χ2v) is 4.79. The summed E-state index contributed by atoms with van der Waals surface area (Å²) in [6, 6.07) is 12.4. The lowest BCUT2D eigenvalue weighted by atomic mass is 10.2. The lowest BCUT2D eigenvalue weighted by molar-refractivity contribution is -0.118. The fourth-order valence-electron chi connectivity index (χ4n) is 1.87. The molecule has 0 aromatic heterocycles. The van der Waals surface area contributed by atoms with Crippen molar-refractivity contribution in [1.29, 1.82) is 0 Å². The third kappa shape index (κ3) is 4.57. The number of rotatable bonds is 6. The van der Waals surface area contributed by atoms with Gasteiger partial charge in [-0.05, 0) is 48.5 Å². The van der Waals surface area contributed by atoms with Crippen LogP contribution >= 0.6 is 0 Å². The number of amides is 2. The van der Waals surface area contributed by atoms with Crippen molar-refractivity contribution in [2.75, 3.05) is 19.0 Å². The molecule has 0 radical (unpaired) electrons. The van der Waals surface area contributed by atoms with Crippen molar-refractivity contribution in [3.63, 3.8) is 0 Å². The predicted molar refractivity (Wildman–Crippen MR) is 86.9 cm³/mol. The van der Waals surface area contributed by atoms with Crippen LogP contribution in [-0.4, -0.2) is 31.5 Å². The molecule has 24 heavy (non-hydrogen) atoms. The van der Waals surface area contributed by atoms with Crippen LogP contribution in [0.3, 0.4) is 0 Å². The largest absolute Gasteiger partial charge is 0.484 e. The quantitative estimate of drug-likeness (QED) is 0.783. The molecule has 3 N–H and O–H groups in total. The lowest BCUT2D eigenvalue weighted by Crippen LogP contribution is -2.20. The minimum absolute atomic E-state index is 0.200. The number of carbonyl (C=O) groups is 3. The molecular formula is C17H16N2O5. The van der Waals surface area contributed by atoms with E-state index >= 15 is 0 Å². The maximum absolute atomic E-state index is 11.8. The van der Waals surface area contributed by atoms with E-state index in [4.69, 9.17) is 10.5 Å². The van der Waals surface area contributed by atoms with Crippen molar-refractivity contribution < 1.29 is 23.9 Å². The molecule has 0 aliphatic carbocycles. The number of esters is 1. The number of nitrogens with two attached hydrogens (primary N) is 1. The van der Waals surface area contributed by atoms with Crippen molar-refractivity contribution in [2.45, 2.75) is 0 Å². The summed E-state index contributed by atoms with van der Waals surface area (Å²) in [6.07, 6.45) is 0. The van der Waals surface area contributed by atoms with Gasteiger partial charge in [0.1, 0.15) is 5.75 Å². The molecule has 0 spiro atoms. The highest BCUT2D eigenvalue weighted by Crippen LogP contribution is 2.13. The molecule has 0 unspecified atom stereocenters. The number of anilines is 1. The van der Waals surface area contributed by atoms with Gasteiger partial charge in [-0.3, -0.25) is 9.59 Å². The molecule has 2 aromatic rings. The summed E-state index contributed by atoms with van der Waals surface area (Å²) in [4.78, 5) is 34.1. The average Bonchev–Trinajstić information content (AvgIpc) is 2.60. The third-order valence-corrected chi connectivity index (χ3v) is 3.10. The molecule has 7 nitrogen and oxygen atoms in total. The molecular weight excluding hydrogens is 312 g/mol. The van der Waals surface area contributed by atoms with Crippen LogP contribution in [0.1, 0.15) is 20.7 Å². The lowest BCUT2D eigenvalue weighted by Gasteiger charge is -2.08. The molecule has 0 fully saturated rings. The average molecular weight is 328 g/mol. The molecule has 0 atom stereocenters. The number of hydrogen-bond acceptors (Lipinski definition) is 5. The molecule has 0 aliphatic rings. The molecule has 7 heteroatoms. The topological polar surface area (TPSA) is 108 Å². The zero-order valence-corrected chi connectivity index (χ0v) is 12.9. The van der Waals surface area contributed by atoms with E-state index < -0.39 is 11.9 Å². The Hall–Kier alpha value is -3.35. The van der Waals surface area contributed by atoms with Crippen LogP contribution < -0.4 is 15.8 Å². The van der Waals surface area contributed by atoms with E-state index in [1.54, 1.807) is 36.4 Å². The van der Waals surface area contributed by atoms with Gasteiger partial charge in [0, 0.05) is 11.3 Å². The number of carbonyl (C=O) groups excluding carboxylic acids is 3. The number of primary amides is 1. The Kier molecular flexibility index (Phi) is 5.51.